The molecule has 0 spiro atoms. The lowest BCUT2D eigenvalue weighted by atomic mass is 10.3. The summed E-state index contributed by atoms with van der Waals surface area (Å²) >= 11 is 4.43. The van der Waals surface area contributed by atoms with Crippen LogP contribution >= 0.6 is 12.2 Å². The number of nitrogens with zero attached hydrogens (tertiary/aromatic N) is 1. The van der Waals surface area contributed by atoms with Crippen LogP contribution in [0.4, 0.5) is 0 Å². The maximum Gasteiger partial charge on any atom is 0.0584 e. The first-order chi connectivity index (χ1) is 6.31. The van der Waals surface area contributed by atoms with Crippen LogP contribution in [0.3, 0.4) is 0 Å². The van der Waals surface area contributed by atoms with Gasteiger partial charge in [0.25, 0.3) is 0 Å². The Balaban J connectivity index is 3.21. The minimum Gasteiger partial charge on any atom is -0.260 e. The van der Waals surface area contributed by atoms with E-state index in [-0.39, 0.29) is 0 Å². The van der Waals surface area contributed by atoms with Gasteiger partial charge in [-0.3, -0.25) is 4.21 Å². The molecule has 0 aliphatic rings. The number of isothiocyanates is 1. The second kappa shape index (κ2) is 10.0. The Hall–Kier alpha value is -0.0500. The first-order valence-corrected chi connectivity index (χ1v) is 6.59. The zero-order valence-corrected chi connectivity index (χ0v) is 9.75. The van der Waals surface area contributed by atoms with Crippen molar-refractivity contribution < 1.29 is 4.21 Å². The van der Waals surface area contributed by atoms with E-state index in [0.29, 0.717) is 0 Å². The van der Waals surface area contributed by atoms with Crippen molar-refractivity contribution in [3.05, 3.63) is 0 Å². The molecule has 4 heteroatoms. The molecule has 1 atom stereocenters. The highest BCUT2D eigenvalue weighted by atomic mass is 32.2. The number of unbranched alkanes of at least 4 members (excludes halogenated alkanes) is 2. The molecule has 0 aliphatic carbocycles. The number of thiocarbonyl (C=S) groups is 1. The fraction of sp³-hybridized carbons (Fsp3) is 0.889. The standard InChI is InChI=1S/C9H17NOS2/c1-2-3-7-13(11)8-5-4-6-10-9-12/h2-8H2,1H3. The number of rotatable bonds is 8. The van der Waals surface area contributed by atoms with E-state index in [9.17, 15) is 4.21 Å². The van der Waals surface area contributed by atoms with E-state index in [2.05, 4.69) is 29.3 Å². The van der Waals surface area contributed by atoms with Crippen LogP contribution in [0.25, 0.3) is 0 Å². The van der Waals surface area contributed by atoms with Gasteiger partial charge in [0.1, 0.15) is 0 Å². The lowest BCUT2D eigenvalue weighted by Crippen LogP contribution is -2.02. The summed E-state index contributed by atoms with van der Waals surface area (Å²) in [6.45, 7) is 2.85. The van der Waals surface area contributed by atoms with E-state index in [4.69, 9.17) is 0 Å². The van der Waals surface area contributed by atoms with Gasteiger partial charge in [0.2, 0.25) is 0 Å². The van der Waals surface area contributed by atoms with Crippen LogP contribution in [-0.4, -0.2) is 27.4 Å². The van der Waals surface area contributed by atoms with Crippen molar-refractivity contribution >= 4 is 28.2 Å². The van der Waals surface area contributed by atoms with E-state index in [0.717, 1.165) is 43.7 Å². The Kier molecular flexibility index (Phi) is 10.00. The summed E-state index contributed by atoms with van der Waals surface area (Å²) in [6.07, 6.45) is 4.16. The predicted octanol–water partition coefficient (Wildman–Crippen LogP) is 2.42. The van der Waals surface area contributed by atoms with E-state index < -0.39 is 10.8 Å². The fourth-order valence-electron chi connectivity index (χ4n) is 0.907. The second-order valence-corrected chi connectivity index (χ2v) is 4.76. The molecule has 2 nitrogen and oxygen atoms in total. The Bertz CT molecular complexity index is 188. The highest BCUT2D eigenvalue weighted by Gasteiger charge is 1.97. The van der Waals surface area contributed by atoms with Crippen molar-refractivity contribution in [2.75, 3.05) is 18.1 Å². The van der Waals surface area contributed by atoms with Gasteiger partial charge in [0, 0.05) is 28.9 Å². The summed E-state index contributed by atoms with van der Waals surface area (Å²) in [4.78, 5) is 3.80. The van der Waals surface area contributed by atoms with Crippen molar-refractivity contribution in [1.82, 2.24) is 0 Å². The van der Waals surface area contributed by atoms with Crippen molar-refractivity contribution in [3.8, 4) is 0 Å². The normalized spacial score (nSPS) is 12.1. The lowest BCUT2D eigenvalue weighted by Gasteiger charge is -1.99. The first-order valence-electron chi connectivity index (χ1n) is 4.70. The number of hydrogen-bond acceptors (Lipinski definition) is 3. The molecule has 0 bridgehead atoms. The molecule has 0 N–H and O–H groups in total. The Morgan fingerprint density at radius 1 is 1.31 bits per heavy atom. The topological polar surface area (TPSA) is 29.4 Å². The van der Waals surface area contributed by atoms with Crippen LogP contribution < -0.4 is 0 Å². The summed E-state index contributed by atoms with van der Waals surface area (Å²) < 4.78 is 11.3. The van der Waals surface area contributed by atoms with Crippen molar-refractivity contribution in [2.45, 2.75) is 32.6 Å². The van der Waals surface area contributed by atoms with Crippen LogP contribution in [-0.2, 0) is 10.8 Å². The van der Waals surface area contributed by atoms with Gasteiger partial charge in [-0.25, -0.2) is 4.99 Å². The van der Waals surface area contributed by atoms with Gasteiger partial charge in [0.15, 0.2) is 0 Å². The molecule has 0 aromatic heterocycles. The Morgan fingerprint density at radius 2 is 2.00 bits per heavy atom. The van der Waals surface area contributed by atoms with Gasteiger partial charge in [-0.1, -0.05) is 13.3 Å². The molecule has 0 aliphatic heterocycles. The molecule has 0 saturated carbocycles. The second-order valence-electron chi connectivity index (χ2n) is 2.88. The molecule has 13 heavy (non-hydrogen) atoms. The van der Waals surface area contributed by atoms with Gasteiger partial charge in [-0.05, 0) is 31.5 Å². The van der Waals surface area contributed by atoms with Gasteiger partial charge >= 0.3 is 0 Å². The van der Waals surface area contributed by atoms with E-state index >= 15 is 0 Å². The van der Waals surface area contributed by atoms with Crippen molar-refractivity contribution in [1.29, 1.82) is 0 Å². The lowest BCUT2D eigenvalue weighted by molar-refractivity contribution is 0.674. The molecule has 76 valence electrons. The summed E-state index contributed by atoms with van der Waals surface area (Å²) in [6, 6.07) is 0. The van der Waals surface area contributed by atoms with Gasteiger partial charge in [0.05, 0.1) is 5.16 Å². The molecule has 0 saturated heterocycles. The van der Waals surface area contributed by atoms with Crippen LogP contribution in [0.15, 0.2) is 4.99 Å². The van der Waals surface area contributed by atoms with Crippen LogP contribution in [0.1, 0.15) is 32.6 Å². The Morgan fingerprint density at radius 3 is 2.62 bits per heavy atom. The monoisotopic (exact) mass is 219 g/mol. The fourth-order valence-corrected chi connectivity index (χ4v) is 2.34. The molecule has 0 radical (unpaired) electrons. The molecular weight excluding hydrogens is 202 g/mol. The zero-order chi connectivity index (χ0) is 9.94. The van der Waals surface area contributed by atoms with Gasteiger partial charge in [-0.2, -0.15) is 0 Å². The molecule has 0 aromatic rings. The van der Waals surface area contributed by atoms with E-state index in [1.54, 1.807) is 0 Å². The van der Waals surface area contributed by atoms with Crippen molar-refractivity contribution in [3.63, 3.8) is 0 Å². The maximum absolute atomic E-state index is 11.3. The van der Waals surface area contributed by atoms with E-state index in [1.807, 2.05) is 0 Å². The third kappa shape index (κ3) is 9.87. The predicted molar refractivity (Wildman–Crippen MR) is 61.9 cm³/mol. The van der Waals surface area contributed by atoms with Crippen LogP contribution in [0.2, 0.25) is 0 Å². The quantitative estimate of drug-likeness (QED) is 0.356. The number of aliphatic imine (C=N–C) groups is 1. The Labute approximate surface area is 88.3 Å². The minimum atomic E-state index is -0.613. The molecule has 1 unspecified atom stereocenters. The number of hydrogen-bond donors (Lipinski definition) is 0. The molecule has 0 rings (SSSR count). The van der Waals surface area contributed by atoms with E-state index in [1.165, 1.54) is 0 Å². The van der Waals surface area contributed by atoms with Gasteiger partial charge in [-0.15, -0.1) is 0 Å². The largest absolute Gasteiger partial charge is 0.260 e. The van der Waals surface area contributed by atoms with Crippen molar-refractivity contribution in [2.24, 2.45) is 4.99 Å². The highest BCUT2D eigenvalue weighted by molar-refractivity contribution is 7.84. The average molecular weight is 219 g/mol. The van der Waals surface area contributed by atoms with Crippen LogP contribution in [0, 0.1) is 0 Å². The summed E-state index contributed by atoms with van der Waals surface area (Å²) in [5.74, 6) is 1.67. The molecule has 0 amide bonds. The highest BCUT2D eigenvalue weighted by Crippen LogP contribution is 1.97. The smallest absolute Gasteiger partial charge is 0.0584 e. The summed E-state index contributed by atoms with van der Waals surface area (Å²) in [5, 5.41) is 2.32. The summed E-state index contributed by atoms with van der Waals surface area (Å²) in [5.41, 5.74) is 0. The summed E-state index contributed by atoms with van der Waals surface area (Å²) in [7, 11) is -0.613. The van der Waals surface area contributed by atoms with Crippen LogP contribution in [0.5, 0.6) is 0 Å². The van der Waals surface area contributed by atoms with Gasteiger partial charge < -0.3 is 0 Å². The molecule has 0 fully saturated rings. The first kappa shape index (κ1) is 12.9. The maximum atomic E-state index is 11.3. The minimum absolute atomic E-state index is 0.613. The molecule has 0 aromatic carbocycles. The average Bonchev–Trinajstić information content (AvgIpc) is 2.14. The third-order valence-corrected chi connectivity index (χ3v) is 3.30. The SMILES string of the molecule is CCCCS(=O)CCCCN=C=S. The molecular formula is C9H17NOS2. The third-order valence-electron chi connectivity index (χ3n) is 1.68. The molecule has 0 heterocycles. The zero-order valence-electron chi connectivity index (χ0n) is 8.12.